The SMILES string of the molecule is CCN(C(=O)c1cnc(NCCN2CCOCC2)nc1)C1CCS(=O)(=O)C1. The Kier molecular flexibility index (Phi) is 6.61. The molecule has 0 radical (unpaired) electrons. The fourth-order valence-electron chi connectivity index (χ4n) is 3.43. The average Bonchev–Trinajstić information content (AvgIpc) is 3.03. The van der Waals surface area contributed by atoms with Crippen molar-refractivity contribution in [3.63, 3.8) is 0 Å². The van der Waals surface area contributed by atoms with Gasteiger partial charge in [-0.15, -0.1) is 0 Å². The van der Waals surface area contributed by atoms with Gasteiger partial charge in [0.2, 0.25) is 5.95 Å². The predicted octanol–water partition coefficient (Wildman–Crippen LogP) is -0.130. The van der Waals surface area contributed by atoms with Gasteiger partial charge in [0, 0.05) is 51.2 Å². The molecule has 2 aliphatic heterocycles. The Hall–Kier alpha value is -1.78. The van der Waals surface area contributed by atoms with Crippen molar-refractivity contribution >= 4 is 21.7 Å². The molecule has 3 heterocycles. The molecule has 2 fully saturated rings. The second-order valence-corrected chi connectivity index (χ2v) is 9.05. The van der Waals surface area contributed by atoms with Crippen molar-refractivity contribution in [2.75, 3.05) is 62.8 Å². The van der Waals surface area contributed by atoms with Gasteiger partial charge in [0.1, 0.15) is 0 Å². The largest absolute Gasteiger partial charge is 0.379 e. The zero-order valence-corrected chi connectivity index (χ0v) is 16.4. The monoisotopic (exact) mass is 397 g/mol. The van der Waals surface area contributed by atoms with Crippen molar-refractivity contribution in [2.24, 2.45) is 0 Å². The second-order valence-electron chi connectivity index (χ2n) is 6.82. The summed E-state index contributed by atoms with van der Waals surface area (Å²) in [6.45, 7) is 7.30. The van der Waals surface area contributed by atoms with Crippen LogP contribution in [0, 0.1) is 0 Å². The number of sulfone groups is 1. The van der Waals surface area contributed by atoms with Gasteiger partial charge in [0.15, 0.2) is 9.84 Å². The molecule has 10 heteroatoms. The number of amides is 1. The van der Waals surface area contributed by atoms with Crippen molar-refractivity contribution in [3.05, 3.63) is 18.0 Å². The van der Waals surface area contributed by atoms with E-state index in [1.807, 2.05) is 6.92 Å². The molecule has 1 amide bonds. The standard InChI is InChI=1S/C17H27N5O4S/c1-2-22(15-3-10-27(24,25)13-15)16(23)14-11-19-17(20-12-14)18-4-5-21-6-8-26-9-7-21/h11-12,15H,2-10,13H2,1H3,(H,18,19,20). The first-order valence-corrected chi connectivity index (χ1v) is 11.2. The van der Waals surface area contributed by atoms with Crippen molar-refractivity contribution in [2.45, 2.75) is 19.4 Å². The molecule has 2 saturated heterocycles. The maximum Gasteiger partial charge on any atom is 0.257 e. The molecule has 1 atom stereocenters. The summed E-state index contributed by atoms with van der Waals surface area (Å²) in [6.07, 6.45) is 3.49. The summed E-state index contributed by atoms with van der Waals surface area (Å²) in [7, 11) is -3.04. The number of hydrogen-bond donors (Lipinski definition) is 1. The number of aromatic nitrogens is 2. The minimum atomic E-state index is -3.04. The second kappa shape index (κ2) is 8.94. The van der Waals surface area contributed by atoms with Gasteiger partial charge in [0.25, 0.3) is 5.91 Å². The highest BCUT2D eigenvalue weighted by Crippen LogP contribution is 2.19. The molecule has 1 aromatic heterocycles. The number of rotatable bonds is 7. The van der Waals surface area contributed by atoms with E-state index < -0.39 is 9.84 Å². The van der Waals surface area contributed by atoms with Crippen LogP contribution in [-0.4, -0.2) is 97.6 Å². The summed E-state index contributed by atoms with van der Waals surface area (Å²) >= 11 is 0. The molecule has 0 aromatic carbocycles. The van der Waals surface area contributed by atoms with Gasteiger partial charge in [-0.2, -0.15) is 0 Å². The molecular weight excluding hydrogens is 370 g/mol. The van der Waals surface area contributed by atoms with Crippen molar-refractivity contribution in [1.29, 1.82) is 0 Å². The number of nitrogens with zero attached hydrogens (tertiary/aromatic N) is 4. The predicted molar refractivity (Wildman–Crippen MR) is 102 cm³/mol. The molecule has 27 heavy (non-hydrogen) atoms. The number of morpholine rings is 1. The van der Waals surface area contributed by atoms with E-state index in [1.165, 1.54) is 12.4 Å². The molecule has 2 aliphatic rings. The number of hydrogen-bond acceptors (Lipinski definition) is 8. The number of nitrogens with one attached hydrogen (secondary N) is 1. The quantitative estimate of drug-likeness (QED) is 0.678. The molecule has 1 N–H and O–H groups in total. The molecule has 1 unspecified atom stereocenters. The van der Waals surface area contributed by atoms with Crippen LogP contribution in [0.3, 0.4) is 0 Å². The summed E-state index contributed by atoms with van der Waals surface area (Å²) in [5.74, 6) is 0.434. The highest BCUT2D eigenvalue weighted by atomic mass is 32.2. The number of carbonyl (C=O) groups is 1. The smallest absolute Gasteiger partial charge is 0.257 e. The van der Waals surface area contributed by atoms with E-state index in [0.29, 0.717) is 31.0 Å². The molecule has 150 valence electrons. The zero-order chi connectivity index (χ0) is 19.3. The third-order valence-corrected chi connectivity index (χ3v) is 6.71. The Bertz CT molecular complexity index is 734. The maximum atomic E-state index is 12.7. The van der Waals surface area contributed by atoms with E-state index in [-0.39, 0.29) is 23.5 Å². The number of anilines is 1. The Morgan fingerprint density at radius 3 is 2.63 bits per heavy atom. The minimum absolute atomic E-state index is 0.0363. The fourth-order valence-corrected chi connectivity index (χ4v) is 5.17. The van der Waals surface area contributed by atoms with Gasteiger partial charge < -0.3 is 15.0 Å². The summed E-state index contributed by atoms with van der Waals surface area (Å²) in [4.78, 5) is 25.1. The van der Waals surface area contributed by atoms with Gasteiger partial charge in [-0.25, -0.2) is 18.4 Å². The lowest BCUT2D eigenvalue weighted by molar-refractivity contribution is 0.0398. The van der Waals surface area contributed by atoms with Crippen LogP contribution in [0.2, 0.25) is 0 Å². The van der Waals surface area contributed by atoms with E-state index >= 15 is 0 Å². The third kappa shape index (κ3) is 5.36. The molecule has 0 bridgehead atoms. The Balaban J connectivity index is 1.53. The summed E-state index contributed by atoms with van der Waals surface area (Å²) in [5, 5.41) is 3.16. The van der Waals surface area contributed by atoms with Gasteiger partial charge >= 0.3 is 0 Å². The van der Waals surface area contributed by atoms with Crippen LogP contribution in [0.5, 0.6) is 0 Å². The lowest BCUT2D eigenvalue weighted by Gasteiger charge is -2.27. The highest BCUT2D eigenvalue weighted by molar-refractivity contribution is 7.91. The number of ether oxygens (including phenoxy) is 1. The summed E-state index contributed by atoms with van der Waals surface area (Å²) < 4.78 is 28.7. The Labute approximate surface area is 160 Å². The van der Waals surface area contributed by atoms with E-state index in [1.54, 1.807) is 4.90 Å². The Morgan fingerprint density at radius 2 is 2.04 bits per heavy atom. The molecular formula is C17H27N5O4S. The first-order chi connectivity index (χ1) is 13.0. The number of carbonyl (C=O) groups excluding carboxylic acids is 1. The van der Waals surface area contributed by atoms with E-state index in [2.05, 4.69) is 20.2 Å². The zero-order valence-electron chi connectivity index (χ0n) is 15.6. The molecule has 0 spiro atoms. The molecule has 3 rings (SSSR count). The van der Waals surface area contributed by atoms with Gasteiger partial charge in [-0.05, 0) is 13.3 Å². The molecule has 0 saturated carbocycles. The molecule has 0 aliphatic carbocycles. The lowest BCUT2D eigenvalue weighted by Crippen LogP contribution is -2.41. The van der Waals surface area contributed by atoms with E-state index in [0.717, 1.165) is 32.8 Å². The van der Waals surface area contributed by atoms with Crippen molar-refractivity contribution in [3.8, 4) is 0 Å². The highest BCUT2D eigenvalue weighted by Gasteiger charge is 2.34. The molecule has 1 aromatic rings. The Morgan fingerprint density at radius 1 is 1.33 bits per heavy atom. The third-order valence-electron chi connectivity index (χ3n) is 4.96. The lowest BCUT2D eigenvalue weighted by atomic mass is 10.2. The van der Waals surface area contributed by atoms with Crippen LogP contribution in [0.25, 0.3) is 0 Å². The topological polar surface area (TPSA) is 105 Å². The van der Waals surface area contributed by atoms with Crippen LogP contribution in [0.15, 0.2) is 12.4 Å². The maximum absolute atomic E-state index is 12.7. The normalized spacial score (nSPS) is 22.5. The van der Waals surface area contributed by atoms with E-state index in [4.69, 9.17) is 4.74 Å². The van der Waals surface area contributed by atoms with Crippen molar-refractivity contribution in [1.82, 2.24) is 19.8 Å². The first-order valence-electron chi connectivity index (χ1n) is 9.36. The van der Waals surface area contributed by atoms with Crippen LogP contribution >= 0.6 is 0 Å². The fraction of sp³-hybridized carbons (Fsp3) is 0.706. The summed E-state index contributed by atoms with van der Waals surface area (Å²) in [6, 6.07) is -0.265. The van der Waals surface area contributed by atoms with Gasteiger partial charge in [-0.3, -0.25) is 9.69 Å². The van der Waals surface area contributed by atoms with Gasteiger partial charge in [-0.1, -0.05) is 0 Å². The average molecular weight is 398 g/mol. The van der Waals surface area contributed by atoms with Crippen LogP contribution in [0.4, 0.5) is 5.95 Å². The van der Waals surface area contributed by atoms with Crippen LogP contribution < -0.4 is 5.32 Å². The van der Waals surface area contributed by atoms with Crippen LogP contribution in [-0.2, 0) is 14.6 Å². The summed E-state index contributed by atoms with van der Waals surface area (Å²) in [5.41, 5.74) is 0.375. The first kappa shape index (κ1) is 20.0. The van der Waals surface area contributed by atoms with Crippen LogP contribution in [0.1, 0.15) is 23.7 Å². The van der Waals surface area contributed by atoms with E-state index in [9.17, 15) is 13.2 Å². The van der Waals surface area contributed by atoms with Gasteiger partial charge in [0.05, 0.1) is 30.3 Å². The molecule has 9 nitrogen and oxygen atoms in total. The van der Waals surface area contributed by atoms with Crippen molar-refractivity contribution < 1.29 is 17.9 Å². The minimum Gasteiger partial charge on any atom is -0.379 e.